The molecule has 1 fully saturated rings. The Morgan fingerprint density at radius 1 is 1.24 bits per heavy atom. The van der Waals surface area contributed by atoms with E-state index < -0.39 is 5.82 Å². The zero-order chi connectivity index (χ0) is 15.4. The van der Waals surface area contributed by atoms with Crippen LogP contribution in [0.25, 0.3) is 0 Å². The summed E-state index contributed by atoms with van der Waals surface area (Å²) < 4.78 is 18.2. The van der Waals surface area contributed by atoms with Crippen LogP contribution in [0, 0.1) is 5.82 Å². The molecule has 0 N–H and O–H groups in total. The van der Waals surface area contributed by atoms with Crippen LogP contribution >= 0.6 is 11.6 Å². The topological polar surface area (TPSA) is 49.9 Å². The minimum absolute atomic E-state index is 0.0106. The molecule has 0 aliphatic carbocycles. The molecule has 1 aromatic rings. The van der Waals surface area contributed by atoms with Gasteiger partial charge in [-0.15, -0.1) is 0 Å². The second-order valence-electron chi connectivity index (χ2n) is 4.75. The van der Waals surface area contributed by atoms with E-state index in [0.29, 0.717) is 26.2 Å². The van der Waals surface area contributed by atoms with Gasteiger partial charge in [-0.1, -0.05) is 11.6 Å². The van der Waals surface area contributed by atoms with Crippen LogP contribution in [0.1, 0.15) is 6.92 Å². The highest BCUT2D eigenvalue weighted by molar-refractivity contribution is 6.32. The normalized spacial score (nSPS) is 15.0. The lowest BCUT2D eigenvalue weighted by Crippen LogP contribution is -2.51. The van der Waals surface area contributed by atoms with Gasteiger partial charge in [0.1, 0.15) is 11.6 Å². The number of piperazine rings is 1. The first kappa shape index (κ1) is 15.6. The highest BCUT2D eigenvalue weighted by Gasteiger charge is 2.22. The number of rotatable bonds is 3. The predicted octanol–water partition coefficient (Wildman–Crippen LogP) is 1.55. The third kappa shape index (κ3) is 4.07. The van der Waals surface area contributed by atoms with Crippen LogP contribution in [0.15, 0.2) is 18.2 Å². The number of ether oxygens (including phenoxy) is 1. The van der Waals surface area contributed by atoms with E-state index in [1.165, 1.54) is 19.1 Å². The summed E-state index contributed by atoms with van der Waals surface area (Å²) in [7, 11) is 0. The molecule has 21 heavy (non-hydrogen) atoms. The van der Waals surface area contributed by atoms with E-state index in [2.05, 4.69) is 0 Å². The quantitative estimate of drug-likeness (QED) is 0.850. The van der Waals surface area contributed by atoms with Crippen molar-refractivity contribution in [3.05, 3.63) is 29.0 Å². The molecule has 114 valence electrons. The fourth-order valence-electron chi connectivity index (χ4n) is 2.09. The summed E-state index contributed by atoms with van der Waals surface area (Å²) in [5.74, 6) is -0.358. The lowest BCUT2D eigenvalue weighted by atomic mass is 10.3. The van der Waals surface area contributed by atoms with Crippen molar-refractivity contribution in [2.45, 2.75) is 6.92 Å². The lowest BCUT2D eigenvalue weighted by Gasteiger charge is -2.34. The Balaban J connectivity index is 1.84. The van der Waals surface area contributed by atoms with Crippen LogP contribution in [-0.2, 0) is 9.59 Å². The fourth-order valence-corrected chi connectivity index (χ4v) is 2.32. The maximum atomic E-state index is 12.9. The number of amides is 2. The fraction of sp³-hybridized carbons (Fsp3) is 0.429. The minimum atomic E-state index is -0.459. The zero-order valence-electron chi connectivity index (χ0n) is 11.6. The van der Waals surface area contributed by atoms with E-state index in [1.807, 2.05) is 0 Å². The van der Waals surface area contributed by atoms with Gasteiger partial charge in [0.25, 0.3) is 5.91 Å². The largest absolute Gasteiger partial charge is 0.482 e. The molecule has 1 saturated heterocycles. The van der Waals surface area contributed by atoms with Crippen LogP contribution in [0.5, 0.6) is 5.75 Å². The molecule has 0 saturated carbocycles. The molecule has 0 aromatic heterocycles. The smallest absolute Gasteiger partial charge is 0.260 e. The first-order chi connectivity index (χ1) is 9.97. The maximum absolute atomic E-state index is 12.9. The van der Waals surface area contributed by atoms with Crippen molar-refractivity contribution in [3.8, 4) is 5.75 Å². The van der Waals surface area contributed by atoms with Crippen LogP contribution in [0.3, 0.4) is 0 Å². The molecule has 1 heterocycles. The summed E-state index contributed by atoms with van der Waals surface area (Å²) in [6.45, 7) is 3.37. The SMILES string of the molecule is CC(=O)N1CCN(C(=O)COc2ccc(F)cc2Cl)CC1. The van der Waals surface area contributed by atoms with E-state index in [4.69, 9.17) is 16.3 Å². The van der Waals surface area contributed by atoms with Gasteiger partial charge in [0.2, 0.25) is 5.91 Å². The molecule has 0 bridgehead atoms. The van der Waals surface area contributed by atoms with Crippen molar-refractivity contribution in [2.24, 2.45) is 0 Å². The number of benzene rings is 1. The number of carbonyl (C=O) groups is 2. The summed E-state index contributed by atoms with van der Waals surface area (Å²) in [5, 5.41) is 0.129. The van der Waals surface area contributed by atoms with Gasteiger partial charge in [0.15, 0.2) is 6.61 Å². The molecular weight excluding hydrogens is 299 g/mol. The van der Waals surface area contributed by atoms with E-state index in [0.717, 1.165) is 6.07 Å². The molecule has 7 heteroatoms. The van der Waals surface area contributed by atoms with Gasteiger partial charge in [0, 0.05) is 33.1 Å². The van der Waals surface area contributed by atoms with Crippen molar-refractivity contribution in [3.63, 3.8) is 0 Å². The van der Waals surface area contributed by atoms with Crippen LogP contribution in [-0.4, -0.2) is 54.4 Å². The number of carbonyl (C=O) groups excluding carboxylic acids is 2. The average Bonchev–Trinajstić information content (AvgIpc) is 2.46. The summed E-state index contributed by atoms with van der Waals surface area (Å²) in [5.41, 5.74) is 0. The van der Waals surface area contributed by atoms with Gasteiger partial charge >= 0.3 is 0 Å². The first-order valence-electron chi connectivity index (χ1n) is 6.58. The lowest BCUT2D eigenvalue weighted by molar-refractivity contribution is -0.139. The number of halogens is 2. The first-order valence-corrected chi connectivity index (χ1v) is 6.96. The van der Waals surface area contributed by atoms with Crippen LogP contribution in [0.2, 0.25) is 5.02 Å². The Hall–Kier alpha value is -1.82. The molecule has 0 atom stereocenters. The molecule has 2 amide bonds. The summed E-state index contributed by atoms with van der Waals surface area (Å²) in [6.07, 6.45) is 0. The molecule has 2 rings (SSSR count). The van der Waals surface area contributed by atoms with Gasteiger partial charge < -0.3 is 14.5 Å². The highest BCUT2D eigenvalue weighted by Crippen LogP contribution is 2.24. The average molecular weight is 315 g/mol. The van der Waals surface area contributed by atoms with Crippen LogP contribution in [0.4, 0.5) is 4.39 Å². The minimum Gasteiger partial charge on any atom is -0.482 e. The molecule has 0 unspecified atom stereocenters. The monoisotopic (exact) mass is 314 g/mol. The van der Waals surface area contributed by atoms with Crippen molar-refractivity contribution >= 4 is 23.4 Å². The highest BCUT2D eigenvalue weighted by atomic mass is 35.5. The molecule has 0 radical (unpaired) electrons. The van der Waals surface area contributed by atoms with Gasteiger partial charge in [0.05, 0.1) is 5.02 Å². The Labute approximate surface area is 127 Å². The molecule has 0 spiro atoms. The second kappa shape index (κ2) is 6.76. The molecule has 1 aliphatic rings. The molecule has 5 nitrogen and oxygen atoms in total. The van der Waals surface area contributed by atoms with E-state index >= 15 is 0 Å². The van der Waals surface area contributed by atoms with Gasteiger partial charge in [-0.05, 0) is 18.2 Å². The van der Waals surface area contributed by atoms with Crippen LogP contribution < -0.4 is 4.74 Å². The third-order valence-corrected chi connectivity index (χ3v) is 3.62. The van der Waals surface area contributed by atoms with Gasteiger partial charge in [-0.25, -0.2) is 4.39 Å². The molecule has 1 aromatic carbocycles. The standard InChI is InChI=1S/C14H16ClFN2O3/c1-10(19)17-4-6-18(7-5-17)14(20)9-21-13-3-2-11(16)8-12(13)15/h2-3,8H,4-7,9H2,1H3. The van der Waals surface area contributed by atoms with Crippen molar-refractivity contribution < 1.29 is 18.7 Å². The van der Waals surface area contributed by atoms with E-state index in [9.17, 15) is 14.0 Å². The number of hydrogen-bond donors (Lipinski definition) is 0. The summed E-state index contributed by atoms with van der Waals surface area (Å²) >= 11 is 5.82. The summed E-state index contributed by atoms with van der Waals surface area (Å²) in [4.78, 5) is 26.5. The molecular formula is C14H16ClFN2O3. The van der Waals surface area contributed by atoms with Crippen molar-refractivity contribution in [1.82, 2.24) is 9.80 Å². The Kier molecular flexibility index (Phi) is 5.01. The van der Waals surface area contributed by atoms with Crippen molar-refractivity contribution in [1.29, 1.82) is 0 Å². The predicted molar refractivity (Wildman–Crippen MR) is 75.7 cm³/mol. The second-order valence-corrected chi connectivity index (χ2v) is 5.16. The van der Waals surface area contributed by atoms with E-state index in [1.54, 1.807) is 9.80 Å². The molecule has 1 aliphatic heterocycles. The van der Waals surface area contributed by atoms with E-state index in [-0.39, 0.29) is 29.2 Å². The summed E-state index contributed by atoms with van der Waals surface area (Å²) in [6, 6.07) is 3.74. The number of hydrogen-bond acceptors (Lipinski definition) is 3. The van der Waals surface area contributed by atoms with Gasteiger partial charge in [-0.2, -0.15) is 0 Å². The Bertz CT molecular complexity index is 545. The zero-order valence-corrected chi connectivity index (χ0v) is 12.4. The Morgan fingerprint density at radius 3 is 2.43 bits per heavy atom. The Morgan fingerprint density at radius 2 is 1.86 bits per heavy atom. The van der Waals surface area contributed by atoms with Crippen molar-refractivity contribution in [2.75, 3.05) is 32.8 Å². The number of nitrogens with zero attached hydrogens (tertiary/aromatic N) is 2. The maximum Gasteiger partial charge on any atom is 0.260 e. The third-order valence-electron chi connectivity index (χ3n) is 3.32. The van der Waals surface area contributed by atoms with Gasteiger partial charge in [-0.3, -0.25) is 9.59 Å².